The lowest BCUT2D eigenvalue weighted by atomic mass is 10.2. The van der Waals surface area contributed by atoms with Crippen molar-refractivity contribution in [3.05, 3.63) is 33.6 Å². The SMILES string of the molecule is OCc1nc(-c2ccc(Br)c(Cl)c2)no1. The van der Waals surface area contributed by atoms with E-state index in [1.165, 1.54) is 0 Å². The van der Waals surface area contributed by atoms with Crippen molar-refractivity contribution in [1.29, 1.82) is 0 Å². The first-order valence-electron chi connectivity index (χ1n) is 4.09. The number of benzene rings is 1. The van der Waals surface area contributed by atoms with Gasteiger partial charge in [-0.3, -0.25) is 0 Å². The highest BCUT2D eigenvalue weighted by atomic mass is 79.9. The van der Waals surface area contributed by atoms with Gasteiger partial charge in [0.2, 0.25) is 5.82 Å². The van der Waals surface area contributed by atoms with E-state index in [0.29, 0.717) is 10.8 Å². The summed E-state index contributed by atoms with van der Waals surface area (Å²) in [4.78, 5) is 3.97. The summed E-state index contributed by atoms with van der Waals surface area (Å²) in [5.41, 5.74) is 0.742. The van der Waals surface area contributed by atoms with Crippen LogP contribution in [0.15, 0.2) is 27.2 Å². The Kier molecular flexibility index (Phi) is 3.04. The quantitative estimate of drug-likeness (QED) is 0.923. The van der Waals surface area contributed by atoms with Gasteiger partial charge in [0.05, 0.1) is 5.02 Å². The summed E-state index contributed by atoms with van der Waals surface area (Å²) in [6.45, 7) is -0.267. The van der Waals surface area contributed by atoms with Gasteiger partial charge in [0, 0.05) is 10.0 Å². The lowest BCUT2D eigenvalue weighted by Gasteiger charge is -1.97. The minimum atomic E-state index is -0.267. The van der Waals surface area contributed by atoms with Crippen LogP contribution in [0.1, 0.15) is 5.89 Å². The number of aromatic nitrogens is 2. The van der Waals surface area contributed by atoms with E-state index >= 15 is 0 Å². The van der Waals surface area contributed by atoms with Crippen LogP contribution in [0.2, 0.25) is 5.02 Å². The molecule has 4 nitrogen and oxygen atoms in total. The molecule has 1 heterocycles. The molecule has 78 valence electrons. The van der Waals surface area contributed by atoms with Crippen molar-refractivity contribution < 1.29 is 9.63 Å². The first-order valence-corrected chi connectivity index (χ1v) is 5.26. The molecule has 0 saturated heterocycles. The molecule has 0 bridgehead atoms. The molecule has 0 radical (unpaired) electrons. The predicted molar refractivity (Wildman–Crippen MR) is 58.4 cm³/mol. The van der Waals surface area contributed by atoms with Crippen LogP contribution in [0.3, 0.4) is 0 Å². The molecule has 0 unspecified atom stereocenters. The fourth-order valence-electron chi connectivity index (χ4n) is 1.07. The zero-order valence-corrected chi connectivity index (χ0v) is 9.79. The molecule has 0 aliphatic rings. The lowest BCUT2D eigenvalue weighted by Crippen LogP contribution is -1.83. The number of aliphatic hydroxyl groups is 1. The summed E-state index contributed by atoms with van der Waals surface area (Å²) in [5.74, 6) is 0.595. The van der Waals surface area contributed by atoms with Gasteiger partial charge in [-0.25, -0.2) is 0 Å². The Labute approximate surface area is 99.0 Å². The summed E-state index contributed by atoms with van der Waals surface area (Å²) >= 11 is 9.21. The van der Waals surface area contributed by atoms with Crippen LogP contribution >= 0.6 is 27.5 Å². The van der Waals surface area contributed by atoms with E-state index in [1.54, 1.807) is 12.1 Å². The largest absolute Gasteiger partial charge is 0.387 e. The normalized spacial score (nSPS) is 10.6. The number of aliphatic hydroxyl groups excluding tert-OH is 1. The second kappa shape index (κ2) is 4.30. The third-order valence-corrected chi connectivity index (χ3v) is 3.01. The summed E-state index contributed by atoms with van der Waals surface area (Å²) in [7, 11) is 0. The molecular formula is C9H6BrClN2O2. The van der Waals surface area contributed by atoms with Crippen molar-refractivity contribution in [2.24, 2.45) is 0 Å². The van der Waals surface area contributed by atoms with Crippen LogP contribution < -0.4 is 0 Å². The van der Waals surface area contributed by atoms with E-state index < -0.39 is 0 Å². The number of nitrogens with zero attached hydrogens (tertiary/aromatic N) is 2. The van der Waals surface area contributed by atoms with Gasteiger partial charge in [-0.05, 0) is 34.1 Å². The highest BCUT2D eigenvalue weighted by Crippen LogP contribution is 2.27. The number of halogens is 2. The van der Waals surface area contributed by atoms with Crippen LogP contribution in [0.25, 0.3) is 11.4 Å². The maximum atomic E-state index is 8.77. The minimum Gasteiger partial charge on any atom is -0.387 e. The fraction of sp³-hybridized carbons (Fsp3) is 0.111. The van der Waals surface area contributed by atoms with Gasteiger partial charge in [0.1, 0.15) is 6.61 Å². The third-order valence-electron chi connectivity index (χ3n) is 1.78. The molecule has 2 rings (SSSR count). The van der Waals surface area contributed by atoms with Crippen LogP contribution in [-0.4, -0.2) is 15.2 Å². The van der Waals surface area contributed by atoms with Gasteiger partial charge in [-0.1, -0.05) is 16.8 Å². The fourth-order valence-corrected chi connectivity index (χ4v) is 1.50. The van der Waals surface area contributed by atoms with Gasteiger partial charge in [-0.2, -0.15) is 4.98 Å². The minimum absolute atomic E-state index is 0.184. The molecule has 0 saturated carbocycles. The van der Waals surface area contributed by atoms with Crippen molar-refractivity contribution in [3.8, 4) is 11.4 Å². The van der Waals surface area contributed by atoms with E-state index in [-0.39, 0.29) is 12.5 Å². The van der Waals surface area contributed by atoms with E-state index in [4.69, 9.17) is 21.2 Å². The smallest absolute Gasteiger partial charge is 0.252 e. The first kappa shape index (κ1) is 10.6. The lowest BCUT2D eigenvalue weighted by molar-refractivity contribution is 0.222. The molecule has 0 aliphatic carbocycles. The zero-order chi connectivity index (χ0) is 10.8. The first-order chi connectivity index (χ1) is 7.20. The van der Waals surface area contributed by atoms with Crippen LogP contribution in [0, 0.1) is 0 Å². The Balaban J connectivity index is 2.40. The van der Waals surface area contributed by atoms with Crippen molar-refractivity contribution in [3.63, 3.8) is 0 Å². The highest BCUT2D eigenvalue weighted by Gasteiger charge is 2.08. The summed E-state index contributed by atoms with van der Waals surface area (Å²) in [6.07, 6.45) is 0. The molecule has 0 aliphatic heterocycles. The molecule has 0 atom stereocenters. The Bertz CT molecular complexity index is 487. The van der Waals surface area contributed by atoms with Crippen molar-refractivity contribution in [2.75, 3.05) is 0 Å². The maximum absolute atomic E-state index is 8.77. The molecule has 1 N–H and O–H groups in total. The molecule has 15 heavy (non-hydrogen) atoms. The average molecular weight is 290 g/mol. The van der Waals surface area contributed by atoms with Gasteiger partial charge >= 0.3 is 0 Å². The average Bonchev–Trinajstić information content (AvgIpc) is 2.70. The number of hydrogen-bond donors (Lipinski definition) is 1. The Morgan fingerprint density at radius 2 is 2.27 bits per heavy atom. The summed E-state index contributed by atoms with van der Waals surface area (Å²) in [5, 5.41) is 13.0. The molecule has 6 heteroatoms. The Hall–Kier alpha value is -0.910. The molecule has 1 aromatic carbocycles. The van der Waals surface area contributed by atoms with Crippen molar-refractivity contribution >= 4 is 27.5 Å². The molecule has 0 amide bonds. The summed E-state index contributed by atoms with van der Waals surface area (Å²) < 4.78 is 5.58. The van der Waals surface area contributed by atoms with E-state index in [9.17, 15) is 0 Å². The molecule has 1 aromatic heterocycles. The molecule has 0 fully saturated rings. The van der Waals surface area contributed by atoms with Crippen LogP contribution in [0.4, 0.5) is 0 Å². The maximum Gasteiger partial charge on any atom is 0.252 e. The Morgan fingerprint density at radius 3 is 2.87 bits per heavy atom. The highest BCUT2D eigenvalue weighted by molar-refractivity contribution is 9.10. The molecule has 0 spiro atoms. The van der Waals surface area contributed by atoms with Crippen LogP contribution in [0.5, 0.6) is 0 Å². The summed E-state index contributed by atoms with van der Waals surface area (Å²) in [6, 6.07) is 5.33. The van der Waals surface area contributed by atoms with Crippen molar-refractivity contribution in [1.82, 2.24) is 10.1 Å². The van der Waals surface area contributed by atoms with Gasteiger partial charge in [-0.15, -0.1) is 0 Å². The van der Waals surface area contributed by atoms with E-state index in [2.05, 4.69) is 26.1 Å². The van der Waals surface area contributed by atoms with Gasteiger partial charge < -0.3 is 9.63 Å². The third kappa shape index (κ3) is 2.19. The molecular weight excluding hydrogens is 283 g/mol. The second-order valence-electron chi connectivity index (χ2n) is 2.80. The Morgan fingerprint density at radius 1 is 1.47 bits per heavy atom. The van der Waals surface area contributed by atoms with Crippen LogP contribution in [-0.2, 0) is 6.61 Å². The number of rotatable bonds is 2. The number of hydrogen-bond acceptors (Lipinski definition) is 4. The monoisotopic (exact) mass is 288 g/mol. The predicted octanol–water partition coefficient (Wildman–Crippen LogP) is 2.64. The zero-order valence-electron chi connectivity index (χ0n) is 7.44. The second-order valence-corrected chi connectivity index (χ2v) is 4.06. The van der Waals surface area contributed by atoms with E-state index in [1.807, 2.05) is 6.07 Å². The standard InChI is InChI=1S/C9H6BrClN2O2/c10-6-2-1-5(3-7(6)11)9-12-8(4-14)15-13-9/h1-3,14H,4H2. The van der Waals surface area contributed by atoms with E-state index in [0.717, 1.165) is 10.0 Å². The topological polar surface area (TPSA) is 59.2 Å². The van der Waals surface area contributed by atoms with Gasteiger partial charge in [0.15, 0.2) is 0 Å². The van der Waals surface area contributed by atoms with Crippen molar-refractivity contribution in [2.45, 2.75) is 6.61 Å². The van der Waals surface area contributed by atoms with Gasteiger partial charge in [0.25, 0.3) is 5.89 Å². The molecule has 2 aromatic rings.